The number of benzene rings is 2. The van der Waals surface area contributed by atoms with Crippen molar-refractivity contribution in [1.29, 1.82) is 0 Å². The van der Waals surface area contributed by atoms with E-state index in [1.165, 1.54) is 6.07 Å². The number of hydrogen-bond acceptors (Lipinski definition) is 2. The van der Waals surface area contributed by atoms with Crippen molar-refractivity contribution in [2.75, 3.05) is 13.7 Å². The summed E-state index contributed by atoms with van der Waals surface area (Å²) < 4.78 is 18.6. The van der Waals surface area contributed by atoms with Crippen molar-refractivity contribution < 1.29 is 9.13 Å². The Kier molecular flexibility index (Phi) is 5.59. The quantitative estimate of drug-likeness (QED) is 0.855. The highest BCUT2D eigenvalue weighted by Crippen LogP contribution is 2.23. The van der Waals surface area contributed by atoms with Crippen molar-refractivity contribution >= 4 is 11.6 Å². The van der Waals surface area contributed by atoms with Gasteiger partial charge in [0.05, 0.1) is 11.6 Å². The van der Waals surface area contributed by atoms with Crippen LogP contribution in [0.25, 0.3) is 0 Å². The first-order chi connectivity index (χ1) is 10.1. The fourth-order valence-electron chi connectivity index (χ4n) is 2.25. The molecule has 0 aliphatic heterocycles. The van der Waals surface area contributed by atoms with E-state index < -0.39 is 0 Å². The Bertz CT molecular complexity index is 586. The van der Waals surface area contributed by atoms with Gasteiger partial charge in [-0.1, -0.05) is 29.8 Å². The maximum absolute atomic E-state index is 13.2. The van der Waals surface area contributed by atoms with Crippen LogP contribution in [-0.4, -0.2) is 13.7 Å². The summed E-state index contributed by atoms with van der Waals surface area (Å²) in [6.45, 7) is 2.62. The molecule has 0 aliphatic rings. The largest absolute Gasteiger partial charge is 0.494 e. The highest BCUT2D eigenvalue weighted by atomic mass is 35.5. The Morgan fingerprint density at radius 2 is 1.90 bits per heavy atom. The normalized spacial score (nSPS) is 12.2. The molecule has 112 valence electrons. The maximum atomic E-state index is 13.2. The molecule has 0 aliphatic carbocycles. The number of halogens is 2. The molecule has 2 nitrogen and oxygen atoms in total. The fourth-order valence-corrected chi connectivity index (χ4v) is 2.46. The molecule has 0 heterocycles. The van der Waals surface area contributed by atoms with Crippen LogP contribution in [0.4, 0.5) is 4.39 Å². The van der Waals surface area contributed by atoms with Crippen LogP contribution in [0.15, 0.2) is 42.5 Å². The zero-order valence-electron chi connectivity index (χ0n) is 12.2. The minimum Gasteiger partial charge on any atom is -0.494 e. The average Bonchev–Trinajstić information content (AvgIpc) is 2.50. The second kappa shape index (κ2) is 7.43. The van der Waals surface area contributed by atoms with Gasteiger partial charge in [0.15, 0.2) is 0 Å². The van der Waals surface area contributed by atoms with Crippen LogP contribution < -0.4 is 10.1 Å². The number of ether oxygens (including phenoxy) is 1. The Morgan fingerprint density at radius 3 is 2.48 bits per heavy atom. The number of rotatable bonds is 6. The molecule has 1 atom stereocenters. The van der Waals surface area contributed by atoms with E-state index >= 15 is 0 Å². The van der Waals surface area contributed by atoms with Crippen LogP contribution in [0.1, 0.15) is 24.1 Å². The minimum atomic E-state index is -0.387. The van der Waals surface area contributed by atoms with Crippen LogP contribution in [0.3, 0.4) is 0 Å². The summed E-state index contributed by atoms with van der Waals surface area (Å²) in [6, 6.07) is 13.0. The predicted octanol–water partition coefficient (Wildman–Crippen LogP) is 4.38. The van der Waals surface area contributed by atoms with Gasteiger partial charge in [0, 0.05) is 6.04 Å². The van der Waals surface area contributed by atoms with Crippen molar-refractivity contribution in [3.63, 3.8) is 0 Å². The molecule has 1 unspecified atom stereocenters. The summed E-state index contributed by atoms with van der Waals surface area (Å²) in [5.41, 5.74) is 2.15. The lowest BCUT2D eigenvalue weighted by Gasteiger charge is -2.17. The second-order valence-electron chi connectivity index (χ2n) is 4.80. The summed E-state index contributed by atoms with van der Waals surface area (Å²) in [4.78, 5) is 0. The van der Waals surface area contributed by atoms with Gasteiger partial charge in [-0.2, -0.15) is 0 Å². The van der Waals surface area contributed by atoms with Crippen molar-refractivity contribution in [1.82, 2.24) is 5.32 Å². The molecule has 0 aromatic heterocycles. The standard InChI is InChI=1S/C17H19ClFNO/c1-3-21-14-7-5-13(6-8-14)17(20-2)11-12-4-9-16(19)15(18)10-12/h4-10,17,20H,3,11H2,1-2H3. The van der Waals surface area contributed by atoms with E-state index in [9.17, 15) is 4.39 Å². The fraction of sp³-hybridized carbons (Fsp3) is 0.294. The molecule has 0 amide bonds. The van der Waals surface area contributed by atoms with Crippen LogP contribution in [0.5, 0.6) is 5.75 Å². The molecule has 0 saturated carbocycles. The van der Waals surface area contributed by atoms with Crippen molar-refractivity contribution in [3.8, 4) is 5.75 Å². The molecule has 2 aromatic rings. The van der Waals surface area contributed by atoms with E-state index in [0.717, 1.165) is 23.3 Å². The van der Waals surface area contributed by atoms with E-state index in [1.54, 1.807) is 12.1 Å². The molecule has 0 bridgehead atoms. The van der Waals surface area contributed by atoms with E-state index in [4.69, 9.17) is 16.3 Å². The van der Waals surface area contributed by atoms with Gasteiger partial charge in [-0.25, -0.2) is 4.39 Å². The first kappa shape index (κ1) is 15.8. The molecule has 0 saturated heterocycles. The lowest BCUT2D eigenvalue weighted by molar-refractivity contribution is 0.340. The van der Waals surface area contributed by atoms with E-state index in [1.807, 2.05) is 38.2 Å². The molecular weight excluding hydrogens is 289 g/mol. The van der Waals surface area contributed by atoms with Gasteiger partial charge in [0.25, 0.3) is 0 Å². The summed E-state index contributed by atoms with van der Waals surface area (Å²) >= 11 is 5.83. The molecule has 0 fully saturated rings. The maximum Gasteiger partial charge on any atom is 0.141 e. The number of hydrogen-bond donors (Lipinski definition) is 1. The summed E-state index contributed by atoms with van der Waals surface area (Å²) in [5, 5.41) is 3.44. The number of nitrogens with one attached hydrogen (secondary N) is 1. The molecular formula is C17H19ClFNO. The molecule has 0 spiro atoms. The minimum absolute atomic E-state index is 0.141. The summed E-state index contributed by atoms with van der Waals surface area (Å²) in [7, 11) is 1.91. The van der Waals surface area contributed by atoms with Crippen LogP contribution in [0.2, 0.25) is 5.02 Å². The summed E-state index contributed by atoms with van der Waals surface area (Å²) in [5.74, 6) is 0.475. The van der Waals surface area contributed by atoms with Crippen molar-refractivity contribution in [2.45, 2.75) is 19.4 Å². The topological polar surface area (TPSA) is 21.3 Å². The van der Waals surface area contributed by atoms with Gasteiger partial charge in [0.2, 0.25) is 0 Å². The zero-order valence-corrected chi connectivity index (χ0v) is 13.0. The van der Waals surface area contributed by atoms with E-state index in [2.05, 4.69) is 5.32 Å². The first-order valence-corrected chi connectivity index (χ1v) is 7.35. The predicted molar refractivity (Wildman–Crippen MR) is 84.5 cm³/mol. The smallest absolute Gasteiger partial charge is 0.141 e. The molecule has 21 heavy (non-hydrogen) atoms. The van der Waals surface area contributed by atoms with E-state index in [0.29, 0.717) is 6.61 Å². The average molecular weight is 308 g/mol. The monoisotopic (exact) mass is 307 g/mol. The van der Waals surface area contributed by atoms with Gasteiger partial charge in [0.1, 0.15) is 11.6 Å². The van der Waals surface area contributed by atoms with Crippen molar-refractivity contribution in [3.05, 3.63) is 64.4 Å². The lowest BCUT2D eigenvalue weighted by atomic mass is 9.99. The Balaban J connectivity index is 2.13. The molecule has 2 rings (SSSR count). The second-order valence-corrected chi connectivity index (χ2v) is 5.20. The Morgan fingerprint density at radius 1 is 1.19 bits per heavy atom. The highest BCUT2D eigenvalue weighted by Gasteiger charge is 2.11. The zero-order chi connectivity index (χ0) is 15.2. The van der Waals surface area contributed by atoms with Gasteiger partial charge >= 0.3 is 0 Å². The third kappa shape index (κ3) is 4.19. The molecule has 2 aromatic carbocycles. The first-order valence-electron chi connectivity index (χ1n) is 6.98. The molecule has 0 radical (unpaired) electrons. The van der Waals surface area contributed by atoms with Gasteiger partial charge < -0.3 is 10.1 Å². The Labute approximate surface area is 129 Å². The van der Waals surface area contributed by atoms with Gasteiger partial charge in [-0.15, -0.1) is 0 Å². The van der Waals surface area contributed by atoms with Gasteiger partial charge in [-0.05, 0) is 55.8 Å². The van der Waals surface area contributed by atoms with Crippen LogP contribution in [-0.2, 0) is 6.42 Å². The highest BCUT2D eigenvalue weighted by molar-refractivity contribution is 6.30. The lowest BCUT2D eigenvalue weighted by Crippen LogP contribution is -2.18. The van der Waals surface area contributed by atoms with Crippen LogP contribution >= 0.6 is 11.6 Å². The summed E-state index contributed by atoms with van der Waals surface area (Å²) in [6.07, 6.45) is 0.741. The SMILES string of the molecule is CCOc1ccc(C(Cc2ccc(F)c(Cl)c2)NC)cc1. The van der Waals surface area contributed by atoms with E-state index in [-0.39, 0.29) is 16.9 Å². The van der Waals surface area contributed by atoms with Crippen LogP contribution in [0, 0.1) is 5.82 Å². The molecule has 1 N–H and O–H groups in total. The third-order valence-electron chi connectivity index (χ3n) is 3.37. The third-order valence-corrected chi connectivity index (χ3v) is 3.66. The Hall–Kier alpha value is -1.58. The van der Waals surface area contributed by atoms with Crippen molar-refractivity contribution in [2.24, 2.45) is 0 Å². The number of likely N-dealkylation sites (N-methyl/N-ethyl adjacent to an activating group) is 1. The molecule has 4 heteroatoms. The van der Waals surface area contributed by atoms with Gasteiger partial charge in [-0.3, -0.25) is 0 Å².